The van der Waals surface area contributed by atoms with E-state index in [9.17, 15) is 23.4 Å². The van der Waals surface area contributed by atoms with Crippen LogP contribution in [0.5, 0.6) is 11.5 Å². The van der Waals surface area contributed by atoms with Gasteiger partial charge in [0.15, 0.2) is 11.5 Å². The molecule has 0 aliphatic carbocycles. The number of rotatable bonds is 6. The van der Waals surface area contributed by atoms with Crippen LogP contribution in [-0.2, 0) is 29.8 Å². The molecule has 3 rings (SSSR count). The van der Waals surface area contributed by atoms with Crippen molar-refractivity contribution in [1.29, 1.82) is 0 Å². The highest BCUT2D eigenvalue weighted by atomic mass is 32.2. The Bertz CT molecular complexity index is 1150. The summed E-state index contributed by atoms with van der Waals surface area (Å²) in [6.07, 6.45) is -0.733. The van der Waals surface area contributed by atoms with Crippen molar-refractivity contribution < 1.29 is 47.1 Å². The highest BCUT2D eigenvalue weighted by Gasteiger charge is 2.37. The van der Waals surface area contributed by atoms with Crippen molar-refractivity contribution in [3.63, 3.8) is 0 Å². The number of hydrogen-bond acceptors (Lipinski definition) is 10. The fourth-order valence-electron chi connectivity index (χ4n) is 3.10. The van der Waals surface area contributed by atoms with Crippen molar-refractivity contribution in [1.82, 2.24) is 4.90 Å². The fraction of sp³-hybridized carbons (Fsp3) is 0.273. The molecular weight excluding hydrogens is 484 g/mol. The van der Waals surface area contributed by atoms with Crippen molar-refractivity contribution in [2.75, 3.05) is 39.1 Å². The van der Waals surface area contributed by atoms with Crippen LogP contribution < -0.4 is 14.8 Å². The Hall–Kier alpha value is -3.97. The zero-order chi connectivity index (χ0) is 25.5. The summed E-state index contributed by atoms with van der Waals surface area (Å²) in [6.45, 7) is -0.301. The van der Waals surface area contributed by atoms with Gasteiger partial charge in [0.25, 0.3) is 5.91 Å². The van der Waals surface area contributed by atoms with Gasteiger partial charge in [0.1, 0.15) is 12.8 Å². The van der Waals surface area contributed by atoms with Crippen LogP contribution in [0.15, 0.2) is 47.4 Å². The molecule has 0 spiro atoms. The van der Waals surface area contributed by atoms with Crippen LogP contribution in [0.1, 0.15) is 10.4 Å². The van der Waals surface area contributed by atoms with Crippen molar-refractivity contribution in [2.45, 2.75) is 10.9 Å². The summed E-state index contributed by atoms with van der Waals surface area (Å²) in [4.78, 5) is 51.4. The van der Waals surface area contributed by atoms with Gasteiger partial charge in [-0.15, -0.1) is 0 Å². The Morgan fingerprint density at radius 1 is 1.00 bits per heavy atom. The quantitative estimate of drug-likeness (QED) is 0.457. The molecule has 2 atom stereocenters. The Balaban J connectivity index is 1.85. The SMILES string of the molecule is COC(=O)Oc1cccc(C(=O)N2COCC2C(=O)Nc2ccc(S(C)=O)cc2)c1OC(=O)OC. The van der Waals surface area contributed by atoms with E-state index in [-0.39, 0.29) is 24.7 Å². The third kappa shape index (κ3) is 6.13. The van der Waals surface area contributed by atoms with E-state index < -0.39 is 46.7 Å². The van der Waals surface area contributed by atoms with Gasteiger partial charge in [-0.3, -0.25) is 13.8 Å². The molecule has 0 saturated carbocycles. The molecule has 2 aromatic rings. The molecular formula is C22H22N2O10S. The first kappa shape index (κ1) is 25.6. The maximum Gasteiger partial charge on any atom is 0.513 e. The molecule has 2 unspecified atom stereocenters. The molecule has 0 radical (unpaired) electrons. The van der Waals surface area contributed by atoms with Crippen molar-refractivity contribution in [3.8, 4) is 11.5 Å². The molecule has 1 heterocycles. The lowest BCUT2D eigenvalue weighted by atomic mass is 10.1. The summed E-state index contributed by atoms with van der Waals surface area (Å²) >= 11 is 0. The molecule has 2 aromatic carbocycles. The topological polar surface area (TPSA) is 147 Å². The van der Waals surface area contributed by atoms with E-state index in [1.165, 1.54) is 24.5 Å². The van der Waals surface area contributed by atoms with Crippen LogP contribution in [0.2, 0.25) is 0 Å². The van der Waals surface area contributed by atoms with E-state index >= 15 is 0 Å². The van der Waals surface area contributed by atoms with Crippen LogP contribution in [0, 0.1) is 0 Å². The van der Waals surface area contributed by atoms with Gasteiger partial charge < -0.3 is 33.9 Å². The third-order valence-corrected chi connectivity index (χ3v) is 5.76. The predicted molar refractivity (Wildman–Crippen MR) is 121 cm³/mol. The third-order valence-electron chi connectivity index (χ3n) is 4.82. The first-order valence-corrected chi connectivity index (χ1v) is 11.6. The molecule has 0 aromatic heterocycles. The monoisotopic (exact) mass is 506 g/mol. The highest BCUT2D eigenvalue weighted by Crippen LogP contribution is 2.34. The Morgan fingerprint density at radius 3 is 2.29 bits per heavy atom. The zero-order valence-corrected chi connectivity index (χ0v) is 19.8. The summed E-state index contributed by atoms with van der Waals surface area (Å²) in [7, 11) is 0.975. The average molecular weight is 506 g/mol. The largest absolute Gasteiger partial charge is 0.513 e. The minimum absolute atomic E-state index is 0.0832. The normalized spacial score (nSPS) is 15.6. The number of benzene rings is 2. The Kier molecular flexibility index (Phi) is 8.39. The molecule has 0 bridgehead atoms. The van der Waals surface area contributed by atoms with E-state index in [0.29, 0.717) is 10.6 Å². The first-order valence-electron chi connectivity index (χ1n) is 10.0. The molecule has 2 amide bonds. The Labute approximate surface area is 202 Å². The molecule has 186 valence electrons. The smallest absolute Gasteiger partial charge is 0.437 e. The minimum atomic E-state index is -1.17. The van der Waals surface area contributed by atoms with Crippen LogP contribution >= 0.6 is 0 Å². The molecule has 35 heavy (non-hydrogen) atoms. The summed E-state index contributed by atoms with van der Waals surface area (Å²) in [6, 6.07) is 9.38. The lowest BCUT2D eigenvalue weighted by Gasteiger charge is -2.23. The number of hydrogen-bond donors (Lipinski definition) is 1. The molecule has 13 heteroatoms. The van der Waals surface area contributed by atoms with E-state index in [1.807, 2.05) is 0 Å². The molecule has 1 aliphatic heterocycles. The minimum Gasteiger partial charge on any atom is -0.437 e. The van der Waals surface area contributed by atoms with Crippen LogP contribution in [0.4, 0.5) is 15.3 Å². The number of amides is 2. The van der Waals surface area contributed by atoms with Gasteiger partial charge in [-0.05, 0) is 36.4 Å². The molecule has 1 N–H and O–H groups in total. The number of ether oxygens (including phenoxy) is 5. The fourth-order valence-corrected chi connectivity index (χ4v) is 3.62. The summed E-state index contributed by atoms with van der Waals surface area (Å²) in [5, 5.41) is 2.68. The van der Waals surface area contributed by atoms with Crippen LogP contribution in [0.3, 0.4) is 0 Å². The molecule has 12 nitrogen and oxygen atoms in total. The van der Waals surface area contributed by atoms with Crippen LogP contribution in [-0.4, -0.2) is 73.1 Å². The van der Waals surface area contributed by atoms with Crippen molar-refractivity contribution in [3.05, 3.63) is 48.0 Å². The van der Waals surface area contributed by atoms with Gasteiger partial charge in [-0.2, -0.15) is 0 Å². The number of methoxy groups -OCH3 is 2. The second kappa shape index (κ2) is 11.4. The van der Waals surface area contributed by atoms with E-state index in [2.05, 4.69) is 14.8 Å². The van der Waals surface area contributed by atoms with Gasteiger partial charge in [0.2, 0.25) is 5.91 Å². The number of nitrogens with zero attached hydrogens (tertiary/aromatic N) is 1. The van der Waals surface area contributed by atoms with Gasteiger partial charge in [0.05, 0.1) is 26.4 Å². The number of anilines is 1. The first-order chi connectivity index (χ1) is 16.7. The molecule has 1 saturated heterocycles. The molecule has 1 aliphatic rings. The number of carbonyl (C=O) groups excluding carboxylic acids is 4. The maximum atomic E-state index is 13.4. The molecule has 1 fully saturated rings. The highest BCUT2D eigenvalue weighted by molar-refractivity contribution is 7.84. The lowest BCUT2D eigenvalue weighted by Crippen LogP contribution is -2.44. The number of para-hydroxylation sites is 1. The van der Waals surface area contributed by atoms with Crippen LogP contribution in [0.25, 0.3) is 0 Å². The standard InChI is InChI=1S/C22H22N2O10S/c1-30-21(27)33-17-6-4-5-15(18(17)34-22(28)31-2)20(26)24-12-32-11-16(24)19(25)23-13-7-9-14(10-8-13)35(3)29/h4-10,16H,11-12H2,1-3H3,(H,23,25). The van der Waals surface area contributed by atoms with Crippen molar-refractivity contribution in [2.24, 2.45) is 0 Å². The zero-order valence-electron chi connectivity index (χ0n) is 19.0. The van der Waals surface area contributed by atoms with Gasteiger partial charge in [-0.1, -0.05) is 6.07 Å². The Morgan fingerprint density at radius 2 is 1.66 bits per heavy atom. The summed E-state index contributed by atoms with van der Waals surface area (Å²) < 4.78 is 35.9. The summed E-state index contributed by atoms with van der Waals surface area (Å²) in [5.74, 6) is -1.93. The van der Waals surface area contributed by atoms with E-state index in [0.717, 1.165) is 19.1 Å². The maximum absolute atomic E-state index is 13.4. The number of nitrogens with one attached hydrogen (secondary N) is 1. The average Bonchev–Trinajstić information content (AvgIpc) is 3.35. The summed E-state index contributed by atoms with van der Waals surface area (Å²) in [5.41, 5.74) is 0.251. The second-order valence-corrected chi connectivity index (χ2v) is 8.38. The number of carbonyl (C=O) groups is 4. The lowest BCUT2D eigenvalue weighted by molar-refractivity contribution is -0.119. The van der Waals surface area contributed by atoms with Gasteiger partial charge >= 0.3 is 12.3 Å². The second-order valence-electron chi connectivity index (χ2n) is 7.00. The van der Waals surface area contributed by atoms with Crippen molar-refractivity contribution >= 4 is 40.6 Å². The van der Waals surface area contributed by atoms with Gasteiger partial charge in [0, 0.05) is 27.6 Å². The predicted octanol–water partition coefficient (Wildman–Crippen LogP) is 2.15. The van der Waals surface area contributed by atoms with E-state index in [1.54, 1.807) is 24.3 Å². The van der Waals surface area contributed by atoms with E-state index in [4.69, 9.17) is 14.2 Å². The van der Waals surface area contributed by atoms with Gasteiger partial charge in [-0.25, -0.2) is 9.59 Å².